The number of aromatic nitrogens is 1. The first-order chi connectivity index (χ1) is 9.52. The van der Waals surface area contributed by atoms with Crippen molar-refractivity contribution in [3.63, 3.8) is 0 Å². The molecule has 1 aliphatic rings. The number of rotatable bonds is 2. The summed E-state index contributed by atoms with van der Waals surface area (Å²) in [6.07, 6.45) is 0.601. The fraction of sp³-hybridized carbons (Fsp3) is 0.333. The van der Waals surface area contributed by atoms with Crippen LogP contribution in [0.5, 0.6) is 0 Å². The summed E-state index contributed by atoms with van der Waals surface area (Å²) >= 11 is 6.72. The second-order valence-electron chi connectivity index (χ2n) is 4.69. The topological polar surface area (TPSA) is 71.1 Å². The van der Waals surface area contributed by atoms with Gasteiger partial charge < -0.3 is 10.6 Å². The number of benzene rings is 1. The summed E-state index contributed by atoms with van der Waals surface area (Å²) in [4.78, 5) is 4.42. The first kappa shape index (κ1) is 13.7. The average molecular weight is 327 g/mol. The number of thiazole rings is 1. The van der Waals surface area contributed by atoms with Gasteiger partial charge in [-0.2, -0.15) is 0 Å². The summed E-state index contributed by atoms with van der Waals surface area (Å²) in [5.41, 5.74) is 0.922. The minimum absolute atomic E-state index is 0.102. The van der Waals surface area contributed by atoms with E-state index in [0.29, 0.717) is 16.7 Å². The van der Waals surface area contributed by atoms with Crippen molar-refractivity contribution in [1.82, 2.24) is 10.3 Å². The van der Waals surface area contributed by atoms with Gasteiger partial charge in [0.25, 0.3) is 0 Å². The van der Waals surface area contributed by atoms with E-state index in [1.54, 1.807) is 0 Å². The molecule has 3 rings (SSSR count). The van der Waals surface area contributed by atoms with Crippen molar-refractivity contribution < 1.29 is 8.42 Å². The van der Waals surface area contributed by atoms with Crippen molar-refractivity contribution in [2.45, 2.75) is 12.5 Å². The van der Waals surface area contributed by atoms with E-state index < -0.39 is 9.84 Å². The highest BCUT2D eigenvalue weighted by Gasteiger charge is 2.28. The van der Waals surface area contributed by atoms with E-state index >= 15 is 0 Å². The van der Waals surface area contributed by atoms with Crippen molar-refractivity contribution in [3.8, 4) is 0 Å². The Hall–Kier alpha value is -1.25. The molecule has 0 aliphatic carbocycles. The van der Waals surface area contributed by atoms with Crippen molar-refractivity contribution in [2.75, 3.05) is 16.8 Å². The van der Waals surface area contributed by atoms with Gasteiger partial charge in [0.15, 0.2) is 20.1 Å². The molecule has 106 valence electrons. The lowest BCUT2D eigenvalue weighted by molar-refractivity contribution is 0.600. The number of sulfone groups is 1. The van der Waals surface area contributed by atoms with Crippen LogP contribution in [-0.2, 0) is 9.84 Å². The third-order valence-electron chi connectivity index (χ3n) is 3.08. The number of anilines is 1. The lowest BCUT2D eigenvalue weighted by Gasteiger charge is -2.13. The van der Waals surface area contributed by atoms with Crippen LogP contribution in [0.3, 0.4) is 0 Å². The maximum Gasteiger partial charge on any atom is 0.190 e. The van der Waals surface area contributed by atoms with Crippen LogP contribution in [0, 0.1) is 0 Å². The molecular formula is C12H13N3O2S3. The number of hydrogen-bond donors (Lipinski definition) is 2. The van der Waals surface area contributed by atoms with Crippen LogP contribution < -0.4 is 10.6 Å². The van der Waals surface area contributed by atoms with Crippen LogP contribution >= 0.6 is 23.6 Å². The molecule has 0 radical (unpaired) electrons. The summed E-state index contributed by atoms with van der Waals surface area (Å²) < 4.78 is 23.9. The van der Waals surface area contributed by atoms with Gasteiger partial charge in [0, 0.05) is 6.04 Å². The summed E-state index contributed by atoms with van der Waals surface area (Å²) in [6.45, 7) is 0. The number of para-hydroxylation sites is 1. The largest absolute Gasteiger partial charge is 0.359 e. The molecule has 1 aliphatic heterocycles. The van der Waals surface area contributed by atoms with E-state index in [1.165, 1.54) is 11.3 Å². The van der Waals surface area contributed by atoms with Crippen molar-refractivity contribution in [1.29, 1.82) is 0 Å². The van der Waals surface area contributed by atoms with Crippen LogP contribution in [0.15, 0.2) is 24.3 Å². The fourth-order valence-electron chi connectivity index (χ4n) is 2.15. The summed E-state index contributed by atoms with van der Waals surface area (Å²) in [6, 6.07) is 7.74. The van der Waals surface area contributed by atoms with Gasteiger partial charge in [0.2, 0.25) is 0 Å². The SMILES string of the molecule is O=S1(=O)CC[C@H](NC(=S)Nc2nc3ccccc3s2)C1. The predicted molar refractivity (Wildman–Crippen MR) is 86.0 cm³/mol. The Balaban J connectivity index is 1.64. The van der Waals surface area contributed by atoms with Gasteiger partial charge in [0.1, 0.15) is 0 Å². The zero-order valence-corrected chi connectivity index (χ0v) is 12.9. The maximum atomic E-state index is 11.4. The normalized spacial score (nSPS) is 20.9. The van der Waals surface area contributed by atoms with Gasteiger partial charge >= 0.3 is 0 Å². The molecule has 0 saturated carbocycles. The first-order valence-corrected chi connectivity index (χ1v) is 9.20. The quantitative estimate of drug-likeness (QED) is 0.819. The van der Waals surface area contributed by atoms with E-state index in [9.17, 15) is 8.42 Å². The Labute approximate surface area is 126 Å². The molecule has 1 aromatic carbocycles. The Kier molecular flexibility index (Phi) is 3.61. The van der Waals surface area contributed by atoms with Gasteiger partial charge in [-0.3, -0.25) is 0 Å². The maximum absolute atomic E-state index is 11.4. The highest BCUT2D eigenvalue weighted by Crippen LogP contribution is 2.25. The molecule has 8 heteroatoms. The minimum atomic E-state index is -2.90. The average Bonchev–Trinajstić information content (AvgIpc) is 2.91. The minimum Gasteiger partial charge on any atom is -0.359 e. The van der Waals surface area contributed by atoms with Crippen LogP contribution in [0.1, 0.15) is 6.42 Å². The van der Waals surface area contributed by atoms with Gasteiger partial charge in [-0.15, -0.1) is 0 Å². The molecule has 5 nitrogen and oxygen atoms in total. The molecule has 1 aromatic heterocycles. The van der Waals surface area contributed by atoms with E-state index in [0.717, 1.165) is 10.2 Å². The number of nitrogens with zero attached hydrogens (tertiary/aromatic N) is 1. The Morgan fingerprint density at radius 1 is 1.40 bits per heavy atom. The summed E-state index contributed by atoms with van der Waals surface area (Å²) in [5, 5.41) is 7.19. The lowest BCUT2D eigenvalue weighted by atomic mass is 10.3. The lowest BCUT2D eigenvalue weighted by Crippen LogP contribution is -2.38. The molecule has 2 heterocycles. The highest BCUT2D eigenvalue weighted by atomic mass is 32.2. The fourth-order valence-corrected chi connectivity index (χ4v) is 5.02. The van der Waals surface area contributed by atoms with E-state index in [2.05, 4.69) is 15.6 Å². The standard InChI is InChI=1S/C12H13N3O2S3/c16-20(17)6-5-8(7-20)13-11(18)15-12-14-9-3-1-2-4-10(9)19-12/h1-4,8H,5-7H2,(H2,13,14,15,18)/t8-/m0/s1. The van der Waals surface area contributed by atoms with Crippen LogP contribution in [0.25, 0.3) is 10.2 Å². The van der Waals surface area contributed by atoms with E-state index in [-0.39, 0.29) is 17.5 Å². The first-order valence-electron chi connectivity index (χ1n) is 6.15. The van der Waals surface area contributed by atoms with Crippen molar-refractivity contribution >= 4 is 53.9 Å². The Bertz CT molecular complexity index is 721. The van der Waals surface area contributed by atoms with Crippen LogP contribution in [-0.4, -0.2) is 36.1 Å². The van der Waals surface area contributed by atoms with Gasteiger partial charge in [-0.05, 0) is 30.8 Å². The monoisotopic (exact) mass is 327 g/mol. The number of nitrogens with one attached hydrogen (secondary N) is 2. The third kappa shape index (κ3) is 3.08. The van der Waals surface area contributed by atoms with Crippen molar-refractivity contribution in [2.24, 2.45) is 0 Å². The Morgan fingerprint density at radius 2 is 2.20 bits per heavy atom. The molecule has 1 saturated heterocycles. The van der Waals surface area contributed by atoms with Gasteiger partial charge in [0.05, 0.1) is 21.7 Å². The predicted octanol–water partition coefficient (Wildman–Crippen LogP) is 1.77. The molecule has 2 N–H and O–H groups in total. The van der Waals surface area contributed by atoms with Crippen LogP contribution in [0.2, 0.25) is 0 Å². The second kappa shape index (κ2) is 5.27. The van der Waals surface area contributed by atoms with Gasteiger partial charge in [-0.1, -0.05) is 23.5 Å². The number of hydrogen-bond acceptors (Lipinski definition) is 5. The molecule has 1 fully saturated rings. The molecule has 2 aromatic rings. The smallest absolute Gasteiger partial charge is 0.190 e. The highest BCUT2D eigenvalue weighted by molar-refractivity contribution is 7.91. The van der Waals surface area contributed by atoms with Crippen LogP contribution in [0.4, 0.5) is 5.13 Å². The summed E-state index contributed by atoms with van der Waals surface area (Å²) in [5.74, 6) is 0.378. The molecule has 0 amide bonds. The Morgan fingerprint density at radius 3 is 2.90 bits per heavy atom. The van der Waals surface area contributed by atoms with E-state index in [1.807, 2.05) is 24.3 Å². The molecule has 1 atom stereocenters. The molecular weight excluding hydrogens is 314 g/mol. The zero-order valence-electron chi connectivity index (χ0n) is 10.5. The van der Waals surface area contributed by atoms with Crippen molar-refractivity contribution in [3.05, 3.63) is 24.3 Å². The number of thiocarbonyl (C=S) groups is 1. The molecule has 0 bridgehead atoms. The van der Waals surface area contributed by atoms with Gasteiger partial charge in [-0.25, -0.2) is 13.4 Å². The molecule has 0 spiro atoms. The third-order valence-corrected chi connectivity index (χ3v) is 6.02. The van der Waals surface area contributed by atoms with E-state index in [4.69, 9.17) is 12.2 Å². The molecule has 20 heavy (non-hydrogen) atoms. The second-order valence-corrected chi connectivity index (χ2v) is 8.35. The molecule has 0 unspecified atom stereocenters. The summed E-state index contributed by atoms with van der Waals surface area (Å²) in [7, 11) is -2.90. The number of fused-ring (bicyclic) bond motifs is 1. The zero-order chi connectivity index (χ0) is 14.2.